The summed E-state index contributed by atoms with van der Waals surface area (Å²) < 4.78 is 23.9. The van der Waals surface area contributed by atoms with Gasteiger partial charge in [0.25, 0.3) is 5.91 Å². The highest BCUT2D eigenvalue weighted by atomic mass is 35.5. The van der Waals surface area contributed by atoms with Crippen LogP contribution in [0.1, 0.15) is 30.6 Å². The van der Waals surface area contributed by atoms with Gasteiger partial charge in [-0.2, -0.15) is 0 Å². The van der Waals surface area contributed by atoms with Crippen molar-refractivity contribution >= 4 is 33.4 Å². The topological polar surface area (TPSA) is 95.6 Å². The highest BCUT2D eigenvalue weighted by Crippen LogP contribution is 2.15. The third-order valence-corrected chi connectivity index (χ3v) is 5.51. The van der Waals surface area contributed by atoms with E-state index in [1.54, 1.807) is 24.3 Å². The van der Waals surface area contributed by atoms with E-state index in [-0.39, 0.29) is 11.8 Å². The van der Waals surface area contributed by atoms with E-state index in [1.807, 2.05) is 13.8 Å². The third-order valence-electron chi connectivity index (χ3n) is 3.87. The number of amides is 2. The molecule has 0 fully saturated rings. The number of carbonyl (C=O) groups excluding carboxylic acids is 2. The molecule has 1 aromatic carbocycles. The van der Waals surface area contributed by atoms with Gasteiger partial charge in [-0.05, 0) is 24.5 Å². The Morgan fingerprint density at radius 2 is 1.85 bits per heavy atom. The van der Waals surface area contributed by atoms with Gasteiger partial charge in [-0.3, -0.25) is 9.59 Å². The van der Waals surface area contributed by atoms with Crippen molar-refractivity contribution in [2.45, 2.75) is 26.3 Å². The van der Waals surface area contributed by atoms with Crippen LogP contribution in [0.2, 0.25) is 5.02 Å². The molecule has 0 spiro atoms. The van der Waals surface area contributed by atoms with E-state index in [0.717, 1.165) is 6.26 Å². The van der Waals surface area contributed by atoms with Crippen LogP contribution in [0.25, 0.3) is 0 Å². The SMILES string of the molecule is CC(C)[C@@H](NC(=O)c1ccccc1Cl)C(=O)NCCCN(C)S(C)(=O)=O. The van der Waals surface area contributed by atoms with Crippen molar-refractivity contribution in [1.29, 1.82) is 0 Å². The molecule has 7 nitrogen and oxygen atoms in total. The number of hydrogen-bond donors (Lipinski definition) is 2. The summed E-state index contributed by atoms with van der Waals surface area (Å²) in [6.45, 7) is 4.27. The molecule has 0 aliphatic rings. The maximum Gasteiger partial charge on any atom is 0.253 e. The van der Waals surface area contributed by atoms with Gasteiger partial charge in [0.15, 0.2) is 0 Å². The zero-order valence-corrected chi connectivity index (χ0v) is 17.0. The van der Waals surface area contributed by atoms with E-state index < -0.39 is 22.0 Å². The minimum atomic E-state index is -3.23. The zero-order valence-electron chi connectivity index (χ0n) is 15.5. The molecule has 0 saturated heterocycles. The van der Waals surface area contributed by atoms with Crippen molar-refractivity contribution < 1.29 is 18.0 Å². The predicted octanol–water partition coefficient (Wildman–Crippen LogP) is 1.49. The maximum atomic E-state index is 12.4. The summed E-state index contributed by atoms with van der Waals surface area (Å²) in [7, 11) is -1.75. The number of nitrogens with zero attached hydrogens (tertiary/aromatic N) is 1. The van der Waals surface area contributed by atoms with Crippen LogP contribution in [-0.4, -0.2) is 57.0 Å². The number of benzene rings is 1. The van der Waals surface area contributed by atoms with Gasteiger partial charge in [0.05, 0.1) is 16.8 Å². The molecule has 1 atom stereocenters. The Kier molecular flexibility index (Phi) is 8.52. The Morgan fingerprint density at radius 3 is 2.38 bits per heavy atom. The summed E-state index contributed by atoms with van der Waals surface area (Å²) in [5.41, 5.74) is 0.308. The van der Waals surface area contributed by atoms with Crippen LogP contribution in [0.3, 0.4) is 0 Å². The van der Waals surface area contributed by atoms with Crippen LogP contribution in [0.4, 0.5) is 0 Å². The normalized spacial score (nSPS) is 12.9. The fourth-order valence-electron chi connectivity index (χ4n) is 2.19. The molecule has 0 unspecified atom stereocenters. The minimum Gasteiger partial charge on any atom is -0.354 e. The van der Waals surface area contributed by atoms with Gasteiger partial charge in [-0.25, -0.2) is 12.7 Å². The molecule has 0 radical (unpaired) electrons. The second kappa shape index (κ2) is 9.89. The summed E-state index contributed by atoms with van der Waals surface area (Å²) >= 11 is 6.02. The van der Waals surface area contributed by atoms with Gasteiger partial charge < -0.3 is 10.6 Å². The quantitative estimate of drug-likeness (QED) is 0.610. The van der Waals surface area contributed by atoms with Gasteiger partial charge >= 0.3 is 0 Å². The van der Waals surface area contributed by atoms with Crippen LogP contribution >= 0.6 is 11.6 Å². The summed E-state index contributed by atoms with van der Waals surface area (Å²) in [6.07, 6.45) is 1.60. The average molecular weight is 404 g/mol. The molecule has 9 heteroatoms. The highest BCUT2D eigenvalue weighted by molar-refractivity contribution is 7.88. The lowest BCUT2D eigenvalue weighted by Gasteiger charge is -2.22. The Balaban J connectivity index is 2.60. The molecule has 0 aliphatic heterocycles. The van der Waals surface area contributed by atoms with Gasteiger partial charge in [0.1, 0.15) is 6.04 Å². The molecule has 2 amide bonds. The molecule has 0 saturated carbocycles. The van der Waals surface area contributed by atoms with Crippen LogP contribution < -0.4 is 10.6 Å². The Morgan fingerprint density at radius 1 is 1.23 bits per heavy atom. The minimum absolute atomic E-state index is 0.125. The van der Waals surface area contributed by atoms with Gasteiger partial charge in [-0.15, -0.1) is 0 Å². The first-order valence-corrected chi connectivity index (χ1v) is 10.5. The lowest BCUT2D eigenvalue weighted by atomic mass is 10.0. The first kappa shape index (κ1) is 22.4. The summed E-state index contributed by atoms with van der Waals surface area (Å²) in [6, 6.07) is 5.90. The van der Waals surface area contributed by atoms with Crippen LogP contribution in [0.5, 0.6) is 0 Å². The molecule has 26 heavy (non-hydrogen) atoms. The molecule has 0 bridgehead atoms. The number of hydrogen-bond acceptors (Lipinski definition) is 4. The highest BCUT2D eigenvalue weighted by Gasteiger charge is 2.25. The van der Waals surface area contributed by atoms with Crippen molar-refractivity contribution in [3.63, 3.8) is 0 Å². The van der Waals surface area contributed by atoms with E-state index in [9.17, 15) is 18.0 Å². The fraction of sp³-hybridized carbons (Fsp3) is 0.529. The molecular formula is C17H26ClN3O4S. The number of carbonyl (C=O) groups is 2. The van der Waals surface area contributed by atoms with E-state index in [2.05, 4.69) is 10.6 Å². The van der Waals surface area contributed by atoms with Crippen LogP contribution in [0, 0.1) is 5.92 Å². The third kappa shape index (κ3) is 6.93. The van der Waals surface area contributed by atoms with E-state index in [0.29, 0.717) is 30.1 Å². The van der Waals surface area contributed by atoms with E-state index >= 15 is 0 Å². The smallest absolute Gasteiger partial charge is 0.253 e. The molecule has 1 aromatic rings. The van der Waals surface area contributed by atoms with Gasteiger partial charge in [0.2, 0.25) is 15.9 Å². The second-order valence-electron chi connectivity index (χ2n) is 6.40. The molecule has 0 heterocycles. The number of halogens is 1. The fourth-order valence-corrected chi connectivity index (χ4v) is 2.87. The lowest BCUT2D eigenvalue weighted by Crippen LogP contribution is -2.50. The summed E-state index contributed by atoms with van der Waals surface area (Å²) in [5, 5.41) is 5.76. The zero-order chi connectivity index (χ0) is 19.9. The van der Waals surface area contributed by atoms with E-state index in [1.165, 1.54) is 11.4 Å². The molecule has 2 N–H and O–H groups in total. The lowest BCUT2D eigenvalue weighted by molar-refractivity contribution is -0.123. The van der Waals surface area contributed by atoms with Crippen molar-refractivity contribution in [2.75, 3.05) is 26.4 Å². The average Bonchev–Trinajstić information content (AvgIpc) is 2.55. The standard InChI is InChI=1S/C17H26ClN3O4S/c1-12(2)15(20-16(22)13-8-5-6-9-14(13)18)17(23)19-10-7-11-21(3)26(4,24)25/h5-6,8-9,12,15H,7,10-11H2,1-4H3,(H,19,23)(H,20,22)/t15-/m1/s1. The predicted molar refractivity (Wildman–Crippen MR) is 103 cm³/mol. The first-order valence-electron chi connectivity index (χ1n) is 8.28. The number of nitrogens with one attached hydrogen (secondary N) is 2. The van der Waals surface area contributed by atoms with Crippen molar-refractivity contribution in [1.82, 2.24) is 14.9 Å². The van der Waals surface area contributed by atoms with E-state index in [4.69, 9.17) is 11.6 Å². The Bertz CT molecular complexity index is 737. The van der Waals surface area contributed by atoms with Crippen LogP contribution in [0.15, 0.2) is 24.3 Å². The van der Waals surface area contributed by atoms with Crippen LogP contribution in [-0.2, 0) is 14.8 Å². The first-order chi connectivity index (χ1) is 12.0. The largest absolute Gasteiger partial charge is 0.354 e. The molecular weight excluding hydrogens is 378 g/mol. The summed E-state index contributed by atoms with van der Waals surface area (Å²) in [4.78, 5) is 24.8. The molecule has 146 valence electrons. The van der Waals surface area contributed by atoms with Crippen molar-refractivity contribution in [3.8, 4) is 0 Å². The number of sulfonamides is 1. The Labute approximate surface area is 160 Å². The van der Waals surface area contributed by atoms with Gasteiger partial charge in [-0.1, -0.05) is 37.6 Å². The Hall–Kier alpha value is -1.64. The summed E-state index contributed by atoms with van der Waals surface area (Å²) in [5.74, 6) is -0.858. The monoisotopic (exact) mass is 403 g/mol. The maximum absolute atomic E-state index is 12.4. The van der Waals surface area contributed by atoms with Gasteiger partial charge in [0, 0.05) is 20.1 Å². The van der Waals surface area contributed by atoms with Crippen molar-refractivity contribution in [2.24, 2.45) is 5.92 Å². The molecule has 0 aromatic heterocycles. The molecule has 1 rings (SSSR count). The second-order valence-corrected chi connectivity index (χ2v) is 8.90. The van der Waals surface area contributed by atoms with Crippen molar-refractivity contribution in [3.05, 3.63) is 34.9 Å². The number of rotatable bonds is 9. The molecule has 0 aliphatic carbocycles.